The summed E-state index contributed by atoms with van der Waals surface area (Å²) >= 11 is 0. The minimum Gasteiger partial charge on any atom is -0.370 e. The molecule has 1 aliphatic carbocycles. The van der Waals surface area contributed by atoms with Gasteiger partial charge >= 0.3 is 0 Å². The predicted molar refractivity (Wildman–Crippen MR) is 77.4 cm³/mol. The molecular formula is C17H24O2. The Bertz CT molecular complexity index is 429. The Kier molecular flexibility index (Phi) is 4.76. The summed E-state index contributed by atoms with van der Waals surface area (Å²) in [4.78, 5) is 12.1. The average Bonchev–Trinajstić information content (AvgIpc) is 2.35. The molecule has 0 bridgehead atoms. The molecule has 104 valence electrons. The average molecular weight is 260 g/mol. The van der Waals surface area contributed by atoms with Gasteiger partial charge in [-0.15, -0.1) is 0 Å². The van der Waals surface area contributed by atoms with Crippen LogP contribution in [0.25, 0.3) is 0 Å². The molecule has 0 spiro atoms. The first-order valence-electron chi connectivity index (χ1n) is 7.26. The first-order chi connectivity index (χ1) is 9.04. The Morgan fingerprint density at radius 3 is 2.53 bits per heavy atom. The first kappa shape index (κ1) is 14.3. The minimum atomic E-state index is 0.0922. The standard InChI is InChI=1S/C17H24O2/c1-12-5-4-6-15(8-12)17(18)11-19-16-9-13(2)7-14(3)10-16/h4-6,8,13-14,16H,7,9-11H2,1-3H3. The summed E-state index contributed by atoms with van der Waals surface area (Å²) in [6.45, 7) is 6.76. The summed E-state index contributed by atoms with van der Waals surface area (Å²) in [5.41, 5.74) is 1.88. The second kappa shape index (κ2) is 6.33. The van der Waals surface area contributed by atoms with Gasteiger partial charge in [0.25, 0.3) is 0 Å². The third-order valence-electron chi connectivity index (χ3n) is 3.93. The normalized spacial score (nSPS) is 27.2. The largest absolute Gasteiger partial charge is 0.370 e. The molecule has 2 atom stereocenters. The van der Waals surface area contributed by atoms with Gasteiger partial charge in [-0.05, 0) is 44.1 Å². The topological polar surface area (TPSA) is 26.3 Å². The number of Topliss-reactive ketones (excluding diaryl/α,β-unsaturated/α-hetero) is 1. The van der Waals surface area contributed by atoms with E-state index >= 15 is 0 Å². The van der Waals surface area contributed by atoms with Crippen LogP contribution < -0.4 is 0 Å². The molecular weight excluding hydrogens is 236 g/mol. The van der Waals surface area contributed by atoms with Crippen LogP contribution in [0.4, 0.5) is 0 Å². The number of ketones is 1. The Balaban J connectivity index is 1.86. The van der Waals surface area contributed by atoms with Gasteiger partial charge in [0, 0.05) is 5.56 Å². The SMILES string of the molecule is Cc1cccc(C(=O)COC2CC(C)CC(C)C2)c1. The van der Waals surface area contributed by atoms with Crippen LogP contribution in [0, 0.1) is 18.8 Å². The Morgan fingerprint density at radius 2 is 1.89 bits per heavy atom. The molecule has 0 aromatic heterocycles. The molecule has 1 aromatic carbocycles. The van der Waals surface area contributed by atoms with Gasteiger partial charge in [-0.3, -0.25) is 4.79 Å². The second-order valence-corrected chi connectivity index (χ2v) is 6.14. The minimum absolute atomic E-state index is 0.0922. The molecule has 0 amide bonds. The number of carbonyl (C=O) groups excluding carboxylic acids is 1. The van der Waals surface area contributed by atoms with Gasteiger partial charge in [-0.2, -0.15) is 0 Å². The summed E-state index contributed by atoms with van der Waals surface area (Å²) in [5.74, 6) is 1.51. The van der Waals surface area contributed by atoms with E-state index in [0.29, 0.717) is 11.8 Å². The number of aryl methyl sites for hydroxylation is 1. The van der Waals surface area contributed by atoms with E-state index in [1.807, 2.05) is 31.2 Å². The highest BCUT2D eigenvalue weighted by Crippen LogP contribution is 2.30. The highest BCUT2D eigenvalue weighted by molar-refractivity contribution is 5.97. The van der Waals surface area contributed by atoms with Crippen molar-refractivity contribution in [2.24, 2.45) is 11.8 Å². The molecule has 0 radical (unpaired) electrons. The number of rotatable bonds is 4. The Morgan fingerprint density at radius 1 is 1.21 bits per heavy atom. The maximum absolute atomic E-state index is 12.1. The predicted octanol–water partition coefficient (Wildman–Crippen LogP) is 4.02. The molecule has 1 aliphatic rings. The van der Waals surface area contributed by atoms with Crippen LogP contribution in [-0.2, 0) is 4.74 Å². The van der Waals surface area contributed by atoms with Crippen molar-refractivity contribution in [3.05, 3.63) is 35.4 Å². The van der Waals surface area contributed by atoms with Crippen molar-refractivity contribution in [2.45, 2.75) is 46.1 Å². The highest BCUT2D eigenvalue weighted by Gasteiger charge is 2.25. The molecule has 2 rings (SSSR count). The van der Waals surface area contributed by atoms with Gasteiger partial charge < -0.3 is 4.74 Å². The molecule has 0 saturated heterocycles. The fourth-order valence-corrected chi connectivity index (χ4v) is 3.10. The molecule has 1 saturated carbocycles. The molecule has 0 heterocycles. The highest BCUT2D eigenvalue weighted by atomic mass is 16.5. The van der Waals surface area contributed by atoms with E-state index in [0.717, 1.165) is 24.0 Å². The lowest BCUT2D eigenvalue weighted by molar-refractivity contribution is 0.00562. The van der Waals surface area contributed by atoms with Crippen LogP contribution in [-0.4, -0.2) is 18.5 Å². The van der Waals surface area contributed by atoms with E-state index in [9.17, 15) is 4.79 Å². The summed E-state index contributed by atoms with van der Waals surface area (Å²) < 4.78 is 5.83. The number of carbonyl (C=O) groups is 1. The van der Waals surface area contributed by atoms with Crippen LogP contribution in [0.15, 0.2) is 24.3 Å². The van der Waals surface area contributed by atoms with E-state index < -0.39 is 0 Å². The van der Waals surface area contributed by atoms with Crippen molar-refractivity contribution in [3.8, 4) is 0 Å². The maximum Gasteiger partial charge on any atom is 0.188 e. The first-order valence-corrected chi connectivity index (χ1v) is 7.26. The van der Waals surface area contributed by atoms with Crippen molar-refractivity contribution in [3.63, 3.8) is 0 Å². The molecule has 0 N–H and O–H groups in total. The van der Waals surface area contributed by atoms with E-state index in [1.165, 1.54) is 6.42 Å². The molecule has 2 heteroatoms. The summed E-state index contributed by atoms with van der Waals surface area (Å²) in [6, 6.07) is 7.72. The molecule has 19 heavy (non-hydrogen) atoms. The molecule has 1 fully saturated rings. The van der Waals surface area contributed by atoms with E-state index in [2.05, 4.69) is 13.8 Å². The van der Waals surface area contributed by atoms with Crippen LogP contribution in [0.1, 0.15) is 49.0 Å². The van der Waals surface area contributed by atoms with Crippen molar-refractivity contribution in [1.29, 1.82) is 0 Å². The number of ether oxygens (including phenoxy) is 1. The van der Waals surface area contributed by atoms with Crippen LogP contribution >= 0.6 is 0 Å². The number of benzene rings is 1. The summed E-state index contributed by atoms with van der Waals surface area (Å²) in [7, 11) is 0. The lowest BCUT2D eigenvalue weighted by Gasteiger charge is -2.31. The zero-order valence-corrected chi connectivity index (χ0v) is 12.2. The van der Waals surface area contributed by atoms with Gasteiger partial charge in [-0.25, -0.2) is 0 Å². The number of hydrogen-bond acceptors (Lipinski definition) is 2. The lowest BCUT2D eigenvalue weighted by Crippen LogP contribution is -2.28. The van der Waals surface area contributed by atoms with E-state index in [1.54, 1.807) is 0 Å². The smallest absolute Gasteiger partial charge is 0.188 e. The van der Waals surface area contributed by atoms with Crippen LogP contribution in [0.5, 0.6) is 0 Å². The van der Waals surface area contributed by atoms with Gasteiger partial charge in [0.2, 0.25) is 0 Å². The van der Waals surface area contributed by atoms with Gasteiger partial charge in [0.1, 0.15) is 6.61 Å². The van der Waals surface area contributed by atoms with Gasteiger partial charge in [0.05, 0.1) is 6.10 Å². The fraction of sp³-hybridized carbons (Fsp3) is 0.588. The van der Waals surface area contributed by atoms with Crippen molar-refractivity contribution in [2.75, 3.05) is 6.61 Å². The number of hydrogen-bond donors (Lipinski definition) is 0. The van der Waals surface area contributed by atoms with Gasteiger partial charge in [0.15, 0.2) is 5.78 Å². The second-order valence-electron chi connectivity index (χ2n) is 6.14. The Labute approximate surface area is 116 Å². The fourth-order valence-electron chi connectivity index (χ4n) is 3.10. The van der Waals surface area contributed by atoms with E-state index in [4.69, 9.17) is 4.74 Å². The quantitative estimate of drug-likeness (QED) is 0.764. The zero-order valence-electron chi connectivity index (χ0n) is 12.2. The molecule has 0 aliphatic heterocycles. The van der Waals surface area contributed by atoms with Crippen molar-refractivity contribution < 1.29 is 9.53 Å². The lowest BCUT2D eigenvalue weighted by atomic mass is 9.82. The van der Waals surface area contributed by atoms with E-state index in [-0.39, 0.29) is 18.5 Å². The van der Waals surface area contributed by atoms with Crippen molar-refractivity contribution in [1.82, 2.24) is 0 Å². The Hall–Kier alpha value is -1.15. The van der Waals surface area contributed by atoms with Crippen LogP contribution in [0.2, 0.25) is 0 Å². The molecule has 2 nitrogen and oxygen atoms in total. The zero-order chi connectivity index (χ0) is 13.8. The summed E-state index contributed by atoms with van der Waals surface area (Å²) in [6.07, 6.45) is 3.72. The third kappa shape index (κ3) is 4.17. The third-order valence-corrected chi connectivity index (χ3v) is 3.93. The molecule has 1 aromatic rings. The monoisotopic (exact) mass is 260 g/mol. The van der Waals surface area contributed by atoms with Gasteiger partial charge in [-0.1, -0.05) is 37.6 Å². The van der Waals surface area contributed by atoms with Crippen molar-refractivity contribution >= 4 is 5.78 Å². The summed E-state index contributed by atoms with van der Waals surface area (Å²) in [5, 5.41) is 0. The van der Waals surface area contributed by atoms with Crippen LogP contribution in [0.3, 0.4) is 0 Å². The molecule has 2 unspecified atom stereocenters. The maximum atomic E-state index is 12.1.